The average Bonchev–Trinajstić information content (AvgIpc) is 2.93. The highest BCUT2D eigenvalue weighted by atomic mass is 79.9. The Morgan fingerprint density at radius 3 is 2.42 bits per heavy atom. The molecule has 2 N–H and O–H groups in total. The number of benzene rings is 2. The molecule has 1 atom stereocenters. The van der Waals surface area contributed by atoms with Crippen LogP contribution in [0.2, 0.25) is 5.15 Å². The van der Waals surface area contributed by atoms with Crippen LogP contribution < -0.4 is 5.73 Å². The number of pyridine rings is 1. The first-order valence-corrected chi connectivity index (χ1v) is 7.81. The quantitative estimate of drug-likeness (QED) is 0.479. The van der Waals surface area contributed by atoms with Crippen LogP contribution in [-0.4, -0.2) is 14.5 Å². The predicted octanol–water partition coefficient (Wildman–Crippen LogP) is 5.01. The van der Waals surface area contributed by atoms with Gasteiger partial charge in [-0.2, -0.15) is 0 Å². The summed E-state index contributed by atoms with van der Waals surface area (Å²) in [5, 5.41) is 1.38. The molecule has 4 aromatic rings. The van der Waals surface area contributed by atoms with Crippen molar-refractivity contribution in [2.24, 2.45) is 0 Å². The van der Waals surface area contributed by atoms with Crippen LogP contribution >= 0.6 is 28.6 Å². The van der Waals surface area contributed by atoms with E-state index in [1.165, 1.54) is 0 Å². The normalized spacial score (nSPS) is 12.2. The number of nitrogens with zero attached hydrogens (tertiary/aromatic N) is 3. The molecular formula is C18H16BrClN4. The number of fused-ring (bicyclic) bond motifs is 3. The molecule has 0 aliphatic heterocycles. The molecule has 0 amide bonds. The van der Waals surface area contributed by atoms with Gasteiger partial charge in [0.1, 0.15) is 5.52 Å². The largest absolute Gasteiger partial charge is 0.369 e. The Balaban J connectivity index is 0.00000169. The first kappa shape index (κ1) is 16.7. The van der Waals surface area contributed by atoms with Crippen molar-refractivity contribution < 1.29 is 0 Å². The second-order valence-electron chi connectivity index (χ2n) is 5.54. The Hall–Kier alpha value is -2.11. The van der Waals surface area contributed by atoms with Crippen molar-refractivity contribution >= 4 is 56.5 Å². The highest BCUT2D eigenvalue weighted by Gasteiger charge is 2.20. The molecule has 0 saturated carbocycles. The fraction of sp³-hybridized carbons (Fsp3) is 0.111. The summed E-state index contributed by atoms with van der Waals surface area (Å²) in [5.41, 5.74) is 9.79. The molecule has 0 aliphatic carbocycles. The maximum absolute atomic E-state index is 6.33. The van der Waals surface area contributed by atoms with Crippen LogP contribution in [0.4, 0.5) is 5.95 Å². The second-order valence-corrected chi connectivity index (χ2v) is 5.90. The third-order valence-corrected chi connectivity index (χ3v) is 4.44. The number of hydrogen-bond donors (Lipinski definition) is 1. The van der Waals surface area contributed by atoms with Gasteiger partial charge in [0, 0.05) is 5.39 Å². The smallest absolute Gasteiger partial charge is 0.201 e. The van der Waals surface area contributed by atoms with Crippen LogP contribution in [0.5, 0.6) is 0 Å². The third kappa shape index (κ3) is 2.54. The maximum atomic E-state index is 6.33. The van der Waals surface area contributed by atoms with E-state index in [0.717, 1.165) is 22.0 Å². The van der Waals surface area contributed by atoms with Gasteiger partial charge < -0.3 is 10.3 Å². The molecule has 0 spiro atoms. The van der Waals surface area contributed by atoms with Gasteiger partial charge in [-0.05, 0) is 18.6 Å². The SMILES string of the molecule is Br.C[C@@H](c1ccccc1)n1c(N)nc2c(Cl)nc3ccccc3c21. The zero-order valence-electron chi connectivity index (χ0n) is 13.0. The van der Waals surface area contributed by atoms with Crippen molar-refractivity contribution in [2.45, 2.75) is 13.0 Å². The molecule has 24 heavy (non-hydrogen) atoms. The Labute approximate surface area is 155 Å². The summed E-state index contributed by atoms with van der Waals surface area (Å²) in [4.78, 5) is 8.88. The average molecular weight is 404 g/mol. The van der Waals surface area contributed by atoms with Crippen LogP contribution in [-0.2, 0) is 0 Å². The molecule has 4 rings (SSSR count). The minimum Gasteiger partial charge on any atom is -0.369 e. The highest BCUT2D eigenvalue weighted by molar-refractivity contribution is 8.93. The summed E-state index contributed by atoms with van der Waals surface area (Å²) in [6.45, 7) is 2.11. The lowest BCUT2D eigenvalue weighted by molar-refractivity contribution is 0.669. The molecule has 0 saturated heterocycles. The van der Waals surface area contributed by atoms with Crippen molar-refractivity contribution in [3.05, 3.63) is 65.3 Å². The number of aromatic nitrogens is 3. The molecule has 0 fully saturated rings. The summed E-state index contributed by atoms with van der Waals surface area (Å²) in [6.07, 6.45) is 0. The summed E-state index contributed by atoms with van der Waals surface area (Å²) in [5.74, 6) is 0.441. The molecule has 6 heteroatoms. The topological polar surface area (TPSA) is 56.7 Å². The standard InChI is InChI=1S/C18H15ClN4.BrH/c1-11(12-7-3-2-4-8-12)23-16-13-9-5-6-10-14(13)21-17(19)15(16)22-18(23)20;/h2-11H,1H3,(H2,20,22);1H/t11-;/m0./s1. The molecular weight excluding hydrogens is 388 g/mol. The Bertz CT molecular complexity index is 1010. The van der Waals surface area contributed by atoms with E-state index in [-0.39, 0.29) is 23.0 Å². The zero-order chi connectivity index (χ0) is 16.0. The molecule has 0 radical (unpaired) electrons. The number of para-hydroxylation sites is 1. The van der Waals surface area contributed by atoms with E-state index >= 15 is 0 Å². The zero-order valence-corrected chi connectivity index (χ0v) is 15.4. The lowest BCUT2D eigenvalue weighted by atomic mass is 10.1. The Kier molecular flexibility index (Phi) is 4.47. The molecule has 0 unspecified atom stereocenters. The van der Waals surface area contributed by atoms with E-state index in [2.05, 4.69) is 29.0 Å². The molecule has 122 valence electrons. The number of nitrogen functional groups attached to an aromatic ring is 1. The van der Waals surface area contributed by atoms with Gasteiger partial charge in [0.25, 0.3) is 0 Å². The van der Waals surface area contributed by atoms with Gasteiger partial charge in [0.2, 0.25) is 5.95 Å². The fourth-order valence-corrected chi connectivity index (χ4v) is 3.28. The molecule has 0 aliphatic rings. The van der Waals surface area contributed by atoms with E-state index in [4.69, 9.17) is 17.3 Å². The lowest BCUT2D eigenvalue weighted by Crippen LogP contribution is -2.10. The Morgan fingerprint density at radius 2 is 1.67 bits per heavy atom. The van der Waals surface area contributed by atoms with E-state index in [9.17, 15) is 0 Å². The fourth-order valence-electron chi connectivity index (χ4n) is 3.05. The van der Waals surface area contributed by atoms with Gasteiger partial charge in [0.15, 0.2) is 5.15 Å². The van der Waals surface area contributed by atoms with Crippen LogP contribution in [0, 0.1) is 0 Å². The van der Waals surface area contributed by atoms with Gasteiger partial charge in [-0.3, -0.25) is 0 Å². The number of hydrogen-bond acceptors (Lipinski definition) is 3. The van der Waals surface area contributed by atoms with Crippen LogP contribution in [0.15, 0.2) is 54.6 Å². The van der Waals surface area contributed by atoms with Crippen molar-refractivity contribution in [3.8, 4) is 0 Å². The Morgan fingerprint density at radius 1 is 1.00 bits per heavy atom. The number of nitrogens with two attached hydrogens (primary N) is 1. The van der Waals surface area contributed by atoms with Crippen molar-refractivity contribution in [1.82, 2.24) is 14.5 Å². The molecule has 2 heterocycles. The summed E-state index contributed by atoms with van der Waals surface area (Å²) >= 11 is 6.33. The molecule has 4 nitrogen and oxygen atoms in total. The summed E-state index contributed by atoms with van der Waals surface area (Å²) in [7, 11) is 0. The van der Waals surface area contributed by atoms with E-state index in [1.54, 1.807) is 0 Å². The second kappa shape index (κ2) is 6.42. The molecule has 2 aromatic carbocycles. The van der Waals surface area contributed by atoms with Gasteiger partial charge in [-0.25, -0.2) is 9.97 Å². The summed E-state index contributed by atoms with van der Waals surface area (Å²) < 4.78 is 2.03. The van der Waals surface area contributed by atoms with Gasteiger partial charge in [-0.1, -0.05) is 60.1 Å². The molecule has 0 bridgehead atoms. The number of anilines is 1. The van der Waals surface area contributed by atoms with Gasteiger partial charge in [0.05, 0.1) is 17.1 Å². The van der Waals surface area contributed by atoms with Crippen molar-refractivity contribution in [3.63, 3.8) is 0 Å². The number of imidazole rings is 1. The van der Waals surface area contributed by atoms with E-state index in [0.29, 0.717) is 16.6 Å². The van der Waals surface area contributed by atoms with Crippen LogP contribution in [0.25, 0.3) is 21.9 Å². The first-order chi connectivity index (χ1) is 11.2. The van der Waals surface area contributed by atoms with Gasteiger partial charge in [-0.15, -0.1) is 17.0 Å². The van der Waals surface area contributed by atoms with E-state index in [1.807, 2.05) is 47.0 Å². The number of halogens is 2. The van der Waals surface area contributed by atoms with Crippen molar-refractivity contribution in [2.75, 3.05) is 5.73 Å². The van der Waals surface area contributed by atoms with Crippen molar-refractivity contribution in [1.29, 1.82) is 0 Å². The lowest BCUT2D eigenvalue weighted by Gasteiger charge is -2.17. The predicted molar refractivity (Wildman–Crippen MR) is 105 cm³/mol. The van der Waals surface area contributed by atoms with Crippen LogP contribution in [0.1, 0.15) is 18.5 Å². The summed E-state index contributed by atoms with van der Waals surface area (Å²) in [6, 6.07) is 18.2. The van der Waals surface area contributed by atoms with E-state index < -0.39 is 0 Å². The first-order valence-electron chi connectivity index (χ1n) is 7.43. The minimum atomic E-state index is 0. The van der Waals surface area contributed by atoms with Gasteiger partial charge >= 0.3 is 0 Å². The third-order valence-electron chi connectivity index (χ3n) is 4.18. The minimum absolute atomic E-state index is 0. The number of rotatable bonds is 2. The highest BCUT2D eigenvalue weighted by Crippen LogP contribution is 2.34. The van der Waals surface area contributed by atoms with Crippen LogP contribution in [0.3, 0.4) is 0 Å². The monoisotopic (exact) mass is 402 g/mol. The molecule has 2 aromatic heterocycles. The maximum Gasteiger partial charge on any atom is 0.201 e.